The lowest BCUT2D eigenvalue weighted by molar-refractivity contribution is 0.499. The highest BCUT2D eigenvalue weighted by Crippen LogP contribution is 2.22. The first-order chi connectivity index (χ1) is 8.62. The summed E-state index contributed by atoms with van der Waals surface area (Å²) >= 11 is 1.60. The first-order valence-electron chi connectivity index (χ1n) is 5.98. The third-order valence-corrected chi connectivity index (χ3v) is 5.65. The van der Waals surface area contributed by atoms with Crippen molar-refractivity contribution in [1.82, 2.24) is 5.32 Å². The number of sulfonamides is 1. The van der Waals surface area contributed by atoms with E-state index in [1.54, 1.807) is 17.8 Å². The van der Waals surface area contributed by atoms with E-state index in [0.29, 0.717) is 18.5 Å². The van der Waals surface area contributed by atoms with E-state index in [4.69, 9.17) is 0 Å². The number of hydrogen-bond acceptors (Lipinski definition) is 4. The molecule has 2 rings (SSSR count). The number of benzene rings is 1. The van der Waals surface area contributed by atoms with Crippen LogP contribution in [0.3, 0.4) is 0 Å². The molecule has 4 nitrogen and oxygen atoms in total. The lowest BCUT2D eigenvalue weighted by atomic mass is 10.2. The number of rotatable bonds is 4. The lowest BCUT2D eigenvalue weighted by Gasteiger charge is -2.23. The molecule has 0 unspecified atom stereocenters. The molecular weight excluding hydrogens is 268 g/mol. The molecule has 0 atom stereocenters. The van der Waals surface area contributed by atoms with Crippen LogP contribution in [0.4, 0.5) is 5.69 Å². The molecule has 18 heavy (non-hydrogen) atoms. The van der Waals surface area contributed by atoms with Crippen LogP contribution in [-0.2, 0) is 10.0 Å². The molecule has 0 bridgehead atoms. The van der Waals surface area contributed by atoms with Crippen LogP contribution in [0.1, 0.15) is 12.8 Å². The van der Waals surface area contributed by atoms with Crippen molar-refractivity contribution in [2.75, 3.05) is 24.1 Å². The molecule has 1 fully saturated rings. The average molecular weight is 286 g/mol. The Morgan fingerprint density at radius 3 is 2.72 bits per heavy atom. The van der Waals surface area contributed by atoms with Gasteiger partial charge in [0.2, 0.25) is 10.0 Å². The van der Waals surface area contributed by atoms with Crippen molar-refractivity contribution in [1.29, 1.82) is 0 Å². The summed E-state index contributed by atoms with van der Waals surface area (Å²) in [7, 11) is -3.26. The third-order valence-electron chi connectivity index (χ3n) is 3.05. The molecule has 0 spiro atoms. The van der Waals surface area contributed by atoms with Gasteiger partial charge in [0.05, 0.1) is 5.25 Å². The van der Waals surface area contributed by atoms with E-state index >= 15 is 0 Å². The summed E-state index contributed by atoms with van der Waals surface area (Å²) in [6, 6.07) is 7.49. The zero-order valence-electron chi connectivity index (χ0n) is 10.3. The Labute approximate surface area is 113 Å². The summed E-state index contributed by atoms with van der Waals surface area (Å²) in [5, 5.41) is 2.89. The van der Waals surface area contributed by atoms with Gasteiger partial charge in [-0.15, -0.1) is 11.8 Å². The fourth-order valence-electron chi connectivity index (χ4n) is 2.04. The van der Waals surface area contributed by atoms with Crippen molar-refractivity contribution in [2.24, 2.45) is 0 Å². The summed E-state index contributed by atoms with van der Waals surface area (Å²) in [6.07, 6.45) is 3.33. The smallest absolute Gasteiger partial charge is 0.235 e. The minimum absolute atomic E-state index is 0.281. The third kappa shape index (κ3) is 3.40. The highest BCUT2D eigenvalue weighted by Gasteiger charge is 2.26. The van der Waals surface area contributed by atoms with Gasteiger partial charge in [-0.25, -0.2) is 8.42 Å². The van der Waals surface area contributed by atoms with Gasteiger partial charge in [0.15, 0.2) is 0 Å². The van der Waals surface area contributed by atoms with Gasteiger partial charge in [-0.2, -0.15) is 0 Å². The van der Waals surface area contributed by atoms with E-state index in [0.717, 1.165) is 18.0 Å². The second kappa shape index (κ2) is 5.95. The van der Waals surface area contributed by atoms with Crippen LogP contribution in [0.5, 0.6) is 0 Å². The van der Waals surface area contributed by atoms with Gasteiger partial charge < -0.3 is 5.32 Å². The van der Waals surface area contributed by atoms with Gasteiger partial charge in [-0.1, -0.05) is 6.07 Å². The van der Waals surface area contributed by atoms with E-state index < -0.39 is 10.0 Å². The molecule has 0 saturated carbocycles. The molecule has 6 heteroatoms. The normalized spacial score (nSPS) is 17.6. The fourth-order valence-corrected chi connectivity index (χ4v) is 3.98. The molecule has 0 radical (unpaired) electrons. The molecule has 0 aliphatic carbocycles. The van der Waals surface area contributed by atoms with Gasteiger partial charge in [0, 0.05) is 10.6 Å². The van der Waals surface area contributed by atoms with E-state index in [9.17, 15) is 8.42 Å². The van der Waals surface area contributed by atoms with Crippen molar-refractivity contribution in [2.45, 2.75) is 23.0 Å². The predicted molar refractivity (Wildman–Crippen MR) is 76.7 cm³/mol. The zero-order chi connectivity index (χ0) is 13.0. The first-order valence-corrected chi connectivity index (χ1v) is 8.75. The SMILES string of the molecule is CSc1cccc(NS(=O)(=O)C2CCNCC2)c1. The van der Waals surface area contributed by atoms with Crippen LogP contribution in [0.2, 0.25) is 0 Å². The van der Waals surface area contributed by atoms with Gasteiger partial charge >= 0.3 is 0 Å². The van der Waals surface area contributed by atoms with E-state index in [-0.39, 0.29) is 5.25 Å². The second-order valence-electron chi connectivity index (χ2n) is 4.33. The van der Waals surface area contributed by atoms with E-state index in [1.165, 1.54) is 0 Å². The molecule has 1 aliphatic rings. The van der Waals surface area contributed by atoms with Crippen LogP contribution >= 0.6 is 11.8 Å². The standard InChI is InChI=1S/C12H18N2O2S2/c1-17-11-4-2-3-10(9-11)14-18(15,16)12-5-7-13-8-6-12/h2-4,9,12-14H,5-8H2,1H3. The van der Waals surface area contributed by atoms with Crippen molar-refractivity contribution in [3.63, 3.8) is 0 Å². The predicted octanol–water partition coefficient (Wildman–Crippen LogP) is 1.90. The van der Waals surface area contributed by atoms with Crippen molar-refractivity contribution >= 4 is 27.5 Å². The van der Waals surface area contributed by atoms with E-state index in [1.807, 2.05) is 24.5 Å². The zero-order valence-corrected chi connectivity index (χ0v) is 12.0. The molecule has 1 saturated heterocycles. The minimum Gasteiger partial charge on any atom is -0.317 e. The maximum absolute atomic E-state index is 12.2. The Morgan fingerprint density at radius 2 is 2.06 bits per heavy atom. The summed E-state index contributed by atoms with van der Waals surface area (Å²) in [4.78, 5) is 1.06. The Morgan fingerprint density at radius 1 is 1.33 bits per heavy atom. The number of nitrogens with one attached hydrogen (secondary N) is 2. The van der Waals surface area contributed by atoms with Gasteiger partial charge in [0.25, 0.3) is 0 Å². The molecule has 1 heterocycles. The van der Waals surface area contributed by atoms with Crippen LogP contribution in [0, 0.1) is 0 Å². The molecule has 1 aromatic rings. The van der Waals surface area contributed by atoms with Gasteiger partial charge in [0.1, 0.15) is 0 Å². The molecule has 100 valence electrons. The average Bonchev–Trinajstić information content (AvgIpc) is 2.39. The molecule has 0 aromatic heterocycles. The maximum atomic E-state index is 12.2. The highest BCUT2D eigenvalue weighted by molar-refractivity contribution is 7.98. The van der Waals surface area contributed by atoms with Crippen LogP contribution < -0.4 is 10.0 Å². The molecule has 1 aromatic carbocycles. The Bertz CT molecular complexity index is 497. The minimum atomic E-state index is -3.26. The number of hydrogen-bond donors (Lipinski definition) is 2. The summed E-state index contributed by atoms with van der Waals surface area (Å²) < 4.78 is 27.1. The quantitative estimate of drug-likeness (QED) is 0.830. The summed E-state index contributed by atoms with van der Waals surface area (Å²) in [5.41, 5.74) is 0.653. The summed E-state index contributed by atoms with van der Waals surface area (Å²) in [6.45, 7) is 1.55. The van der Waals surface area contributed by atoms with Gasteiger partial charge in [-0.05, 0) is 50.4 Å². The fraction of sp³-hybridized carbons (Fsp3) is 0.500. The number of piperidine rings is 1. The van der Waals surface area contributed by atoms with Crippen molar-refractivity contribution in [3.8, 4) is 0 Å². The lowest BCUT2D eigenvalue weighted by Crippen LogP contribution is -2.38. The Kier molecular flexibility index (Phi) is 4.53. The van der Waals surface area contributed by atoms with Gasteiger partial charge in [-0.3, -0.25) is 4.72 Å². The monoisotopic (exact) mass is 286 g/mol. The summed E-state index contributed by atoms with van der Waals surface area (Å²) in [5.74, 6) is 0. The number of anilines is 1. The molecule has 1 aliphatic heterocycles. The number of thioether (sulfide) groups is 1. The Hall–Kier alpha value is -0.720. The Balaban J connectivity index is 2.11. The molecule has 2 N–H and O–H groups in total. The maximum Gasteiger partial charge on any atom is 0.235 e. The second-order valence-corrected chi connectivity index (χ2v) is 7.17. The molecular formula is C12H18N2O2S2. The van der Waals surface area contributed by atoms with E-state index in [2.05, 4.69) is 10.0 Å². The van der Waals surface area contributed by atoms with Crippen molar-refractivity contribution < 1.29 is 8.42 Å². The largest absolute Gasteiger partial charge is 0.317 e. The highest BCUT2D eigenvalue weighted by atomic mass is 32.2. The topological polar surface area (TPSA) is 58.2 Å². The van der Waals surface area contributed by atoms with Crippen LogP contribution in [-0.4, -0.2) is 33.0 Å². The van der Waals surface area contributed by atoms with Crippen LogP contribution in [0.25, 0.3) is 0 Å². The first kappa shape index (κ1) is 13.7. The van der Waals surface area contributed by atoms with Crippen LogP contribution in [0.15, 0.2) is 29.2 Å². The molecule has 0 amide bonds. The van der Waals surface area contributed by atoms with Crippen molar-refractivity contribution in [3.05, 3.63) is 24.3 Å².